The van der Waals surface area contributed by atoms with E-state index >= 15 is 0 Å². The average molecular weight is 308 g/mol. The number of nitrogens with zero attached hydrogens (tertiary/aromatic N) is 1. The minimum absolute atomic E-state index is 0.171. The molecular weight excluding hydrogens is 291 g/mol. The summed E-state index contributed by atoms with van der Waals surface area (Å²) in [5.74, 6) is -9.42. The number of hydrogen-bond acceptors (Lipinski definition) is 2. The van der Waals surface area contributed by atoms with Gasteiger partial charge in [0.15, 0.2) is 23.3 Å². The Bertz CT molecular complexity index is 486. The van der Waals surface area contributed by atoms with E-state index in [9.17, 15) is 22.0 Å². The van der Waals surface area contributed by atoms with Gasteiger partial charge in [0.05, 0.1) is 0 Å². The minimum atomic E-state index is -2.12. The van der Waals surface area contributed by atoms with Crippen LogP contribution in [-0.4, -0.2) is 31.1 Å². The van der Waals surface area contributed by atoms with E-state index in [0.717, 1.165) is 25.8 Å². The molecule has 0 aromatic heterocycles. The van der Waals surface area contributed by atoms with Crippen molar-refractivity contribution in [2.24, 2.45) is 0 Å². The van der Waals surface area contributed by atoms with Crippen molar-refractivity contribution in [2.75, 3.05) is 20.1 Å². The molecule has 1 aromatic rings. The fourth-order valence-corrected chi connectivity index (χ4v) is 2.58. The molecule has 7 heteroatoms. The maximum atomic E-state index is 13.6. The number of rotatable bonds is 4. The third-order valence-corrected chi connectivity index (χ3v) is 3.67. The van der Waals surface area contributed by atoms with E-state index in [1.165, 1.54) is 0 Å². The second-order valence-corrected chi connectivity index (χ2v) is 5.39. The summed E-state index contributed by atoms with van der Waals surface area (Å²) in [6.07, 6.45) is 3.08. The van der Waals surface area contributed by atoms with Crippen molar-refractivity contribution in [1.82, 2.24) is 10.2 Å². The van der Waals surface area contributed by atoms with Gasteiger partial charge in [0, 0.05) is 24.7 Å². The Morgan fingerprint density at radius 2 is 1.52 bits per heavy atom. The quantitative estimate of drug-likeness (QED) is 0.523. The first-order chi connectivity index (χ1) is 9.91. The molecule has 1 heterocycles. The zero-order chi connectivity index (χ0) is 15.6. The first kappa shape index (κ1) is 16.2. The lowest BCUT2D eigenvalue weighted by atomic mass is 10.0. The molecule has 118 valence electrons. The maximum Gasteiger partial charge on any atom is 0.200 e. The highest BCUT2D eigenvalue weighted by Crippen LogP contribution is 2.24. The highest BCUT2D eigenvalue weighted by Gasteiger charge is 2.26. The van der Waals surface area contributed by atoms with Crippen molar-refractivity contribution in [1.29, 1.82) is 0 Å². The number of nitrogens with one attached hydrogen (secondary N) is 1. The Labute approximate surface area is 119 Å². The largest absolute Gasteiger partial charge is 0.313 e. The van der Waals surface area contributed by atoms with Crippen molar-refractivity contribution in [2.45, 2.75) is 31.8 Å². The van der Waals surface area contributed by atoms with Crippen LogP contribution in [0, 0.1) is 29.1 Å². The molecular formula is C14H17F5N2. The molecule has 1 unspecified atom stereocenters. The summed E-state index contributed by atoms with van der Waals surface area (Å²) < 4.78 is 66.4. The molecule has 0 radical (unpaired) electrons. The predicted octanol–water partition coefficient (Wildman–Crippen LogP) is 2.96. The van der Waals surface area contributed by atoms with Crippen LogP contribution in [0.3, 0.4) is 0 Å². The molecule has 0 amide bonds. The van der Waals surface area contributed by atoms with Gasteiger partial charge in [-0.3, -0.25) is 0 Å². The average Bonchev–Trinajstić information content (AvgIpc) is 2.48. The molecule has 1 saturated heterocycles. The number of likely N-dealkylation sites (N-methyl/N-ethyl adjacent to an activating group) is 1. The molecule has 0 saturated carbocycles. The Hall–Kier alpha value is -1.21. The summed E-state index contributed by atoms with van der Waals surface area (Å²) in [4.78, 5) is 1.56. The van der Waals surface area contributed by atoms with E-state index < -0.39 is 34.6 Å². The zero-order valence-corrected chi connectivity index (χ0v) is 11.7. The maximum absolute atomic E-state index is 13.6. The molecule has 2 nitrogen and oxygen atoms in total. The highest BCUT2D eigenvalue weighted by atomic mass is 19.2. The normalized spacial score (nSPS) is 19.3. The molecule has 0 bridgehead atoms. The summed E-state index contributed by atoms with van der Waals surface area (Å²) in [6.45, 7) is 1.03. The van der Waals surface area contributed by atoms with E-state index in [0.29, 0.717) is 6.54 Å². The number of piperidine rings is 1. The van der Waals surface area contributed by atoms with Crippen molar-refractivity contribution < 1.29 is 22.0 Å². The van der Waals surface area contributed by atoms with Crippen molar-refractivity contribution in [3.63, 3.8) is 0 Å². The lowest BCUT2D eigenvalue weighted by Crippen LogP contribution is -2.42. The monoisotopic (exact) mass is 308 g/mol. The molecule has 1 atom stereocenters. The fourth-order valence-electron chi connectivity index (χ4n) is 2.58. The summed E-state index contributed by atoms with van der Waals surface area (Å²) in [5.41, 5.74) is -0.787. The molecule has 1 aromatic carbocycles. The molecule has 0 aliphatic carbocycles. The molecule has 1 aliphatic heterocycles. The van der Waals surface area contributed by atoms with Gasteiger partial charge in [-0.05, 0) is 26.4 Å². The number of benzene rings is 1. The van der Waals surface area contributed by atoms with Crippen LogP contribution in [0.2, 0.25) is 0 Å². The first-order valence-electron chi connectivity index (χ1n) is 6.84. The van der Waals surface area contributed by atoms with Crippen LogP contribution in [0.1, 0.15) is 24.8 Å². The Kier molecular flexibility index (Phi) is 5.16. The summed E-state index contributed by atoms with van der Waals surface area (Å²) in [6, 6.07) is 0.171. The van der Waals surface area contributed by atoms with Crippen LogP contribution in [0.25, 0.3) is 0 Å². The highest BCUT2D eigenvalue weighted by molar-refractivity contribution is 5.24. The van der Waals surface area contributed by atoms with E-state index in [-0.39, 0.29) is 12.6 Å². The van der Waals surface area contributed by atoms with Crippen molar-refractivity contribution in [3.05, 3.63) is 34.6 Å². The third-order valence-electron chi connectivity index (χ3n) is 3.67. The molecule has 1 aliphatic rings. The fraction of sp³-hybridized carbons (Fsp3) is 0.571. The van der Waals surface area contributed by atoms with Gasteiger partial charge in [-0.2, -0.15) is 0 Å². The Balaban J connectivity index is 2.11. The van der Waals surface area contributed by atoms with Crippen LogP contribution in [0.4, 0.5) is 22.0 Å². The molecule has 21 heavy (non-hydrogen) atoms. The van der Waals surface area contributed by atoms with Gasteiger partial charge < -0.3 is 10.2 Å². The SMILES string of the molecule is CN(Cc1c(F)c(F)c(F)c(F)c1F)CC1CCCCN1. The van der Waals surface area contributed by atoms with Crippen LogP contribution >= 0.6 is 0 Å². The van der Waals surface area contributed by atoms with Crippen LogP contribution in [-0.2, 0) is 6.54 Å². The smallest absolute Gasteiger partial charge is 0.200 e. The van der Waals surface area contributed by atoms with Crippen molar-refractivity contribution in [3.8, 4) is 0 Å². The summed E-state index contributed by atoms with van der Waals surface area (Å²) in [7, 11) is 1.59. The first-order valence-corrected chi connectivity index (χ1v) is 6.84. The van der Waals surface area contributed by atoms with Crippen LogP contribution in [0.15, 0.2) is 0 Å². The topological polar surface area (TPSA) is 15.3 Å². The Morgan fingerprint density at radius 1 is 0.952 bits per heavy atom. The van der Waals surface area contributed by atoms with Crippen LogP contribution in [0.5, 0.6) is 0 Å². The van der Waals surface area contributed by atoms with Gasteiger partial charge in [0.1, 0.15) is 0 Å². The lowest BCUT2D eigenvalue weighted by molar-refractivity contribution is 0.246. The Morgan fingerprint density at radius 3 is 2.05 bits per heavy atom. The lowest BCUT2D eigenvalue weighted by Gasteiger charge is -2.28. The number of halogens is 5. The predicted molar refractivity (Wildman–Crippen MR) is 68.2 cm³/mol. The molecule has 2 rings (SSSR count). The minimum Gasteiger partial charge on any atom is -0.313 e. The van der Waals surface area contributed by atoms with E-state index in [1.807, 2.05) is 0 Å². The van der Waals surface area contributed by atoms with E-state index in [4.69, 9.17) is 0 Å². The molecule has 0 spiro atoms. The third kappa shape index (κ3) is 3.52. The van der Waals surface area contributed by atoms with Gasteiger partial charge in [-0.15, -0.1) is 0 Å². The van der Waals surface area contributed by atoms with Crippen molar-refractivity contribution >= 4 is 0 Å². The van der Waals surface area contributed by atoms with Gasteiger partial charge in [0.25, 0.3) is 0 Å². The van der Waals surface area contributed by atoms with Gasteiger partial charge in [-0.1, -0.05) is 6.42 Å². The second-order valence-electron chi connectivity index (χ2n) is 5.39. The molecule has 1 N–H and O–H groups in total. The summed E-state index contributed by atoms with van der Waals surface area (Å²) in [5, 5.41) is 3.26. The number of hydrogen-bond donors (Lipinski definition) is 1. The van der Waals surface area contributed by atoms with Gasteiger partial charge in [0.2, 0.25) is 5.82 Å². The van der Waals surface area contributed by atoms with Gasteiger partial charge >= 0.3 is 0 Å². The van der Waals surface area contributed by atoms with E-state index in [2.05, 4.69) is 5.32 Å². The van der Waals surface area contributed by atoms with E-state index in [1.54, 1.807) is 11.9 Å². The van der Waals surface area contributed by atoms with Gasteiger partial charge in [-0.25, -0.2) is 22.0 Å². The zero-order valence-electron chi connectivity index (χ0n) is 11.7. The summed E-state index contributed by atoms with van der Waals surface area (Å²) >= 11 is 0. The standard InChI is InChI=1S/C14H17F5N2/c1-21(6-8-4-2-3-5-20-8)7-9-10(15)12(17)14(19)13(18)11(9)16/h8,20H,2-7H2,1H3. The van der Waals surface area contributed by atoms with Crippen LogP contribution < -0.4 is 5.32 Å². The second kappa shape index (κ2) is 6.70. The molecule has 1 fully saturated rings.